The van der Waals surface area contributed by atoms with Crippen LogP contribution in [0.15, 0.2) is 30.5 Å². The lowest BCUT2D eigenvalue weighted by Crippen LogP contribution is -2.43. The van der Waals surface area contributed by atoms with Crippen molar-refractivity contribution >= 4 is 47.6 Å². The van der Waals surface area contributed by atoms with Gasteiger partial charge in [0.15, 0.2) is 11.9 Å². The predicted molar refractivity (Wildman–Crippen MR) is 188 cm³/mol. The Hall–Kier alpha value is -2.46. The summed E-state index contributed by atoms with van der Waals surface area (Å²) in [5, 5.41) is 13.3. The molecule has 282 valence electrons. The number of halogens is 2. The van der Waals surface area contributed by atoms with E-state index in [2.05, 4.69) is 21.0 Å². The number of rotatable bonds is 24. The number of ether oxygens (including phenoxy) is 7. The van der Waals surface area contributed by atoms with E-state index in [-0.39, 0.29) is 18.5 Å². The molecule has 19 heteroatoms. The zero-order chi connectivity index (χ0) is 36.7. The van der Waals surface area contributed by atoms with Gasteiger partial charge in [0.05, 0.1) is 83.8 Å². The topological polar surface area (TPSA) is 189 Å². The molecule has 3 N–H and O–H groups in total. The summed E-state index contributed by atoms with van der Waals surface area (Å²) in [6.45, 7) is 2.25. The van der Waals surface area contributed by atoms with E-state index >= 15 is 0 Å². The van der Waals surface area contributed by atoms with Crippen molar-refractivity contribution in [2.45, 2.75) is 37.1 Å². The molecule has 0 radical (unpaired) electrons. The van der Waals surface area contributed by atoms with Crippen molar-refractivity contribution in [2.75, 3.05) is 91.2 Å². The number of benzene rings is 1. The third kappa shape index (κ3) is 11.8. The minimum atomic E-state index is -4.89. The van der Waals surface area contributed by atoms with E-state index in [1.165, 1.54) is 7.11 Å². The molecule has 4 rings (SSSR count). The van der Waals surface area contributed by atoms with Crippen LogP contribution >= 0.6 is 30.8 Å². The highest BCUT2D eigenvalue weighted by Gasteiger charge is 2.49. The Kier molecular flexibility index (Phi) is 16.8. The minimum Gasteiger partial charge on any atom is -0.393 e. The zero-order valence-electron chi connectivity index (χ0n) is 28.3. The van der Waals surface area contributed by atoms with E-state index in [0.29, 0.717) is 94.1 Å². The first-order valence-corrected chi connectivity index (χ1v) is 18.6. The lowest BCUT2D eigenvalue weighted by Gasteiger charge is -2.32. The van der Waals surface area contributed by atoms with E-state index in [4.69, 9.17) is 62.8 Å². The van der Waals surface area contributed by atoms with Crippen LogP contribution in [0.4, 0.5) is 5.82 Å². The minimum absolute atomic E-state index is 0.00521. The van der Waals surface area contributed by atoms with Crippen LogP contribution in [0.5, 0.6) is 0 Å². The van der Waals surface area contributed by atoms with Gasteiger partial charge in [0.2, 0.25) is 10.6 Å². The molecule has 1 aliphatic rings. The summed E-state index contributed by atoms with van der Waals surface area (Å²) in [7, 11) is -3.63. The predicted octanol–water partition coefficient (Wildman–Crippen LogP) is 3.05. The fourth-order valence-corrected chi connectivity index (χ4v) is 6.33. The van der Waals surface area contributed by atoms with E-state index < -0.39 is 38.5 Å². The second-order valence-corrected chi connectivity index (χ2v) is 14.1. The van der Waals surface area contributed by atoms with E-state index in [9.17, 15) is 19.5 Å². The molecule has 51 heavy (non-hydrogen) atoms. The van der Waals surface area contributed by atoms with Gasteiger partial charge in [-0.1, -0.05) is 35.7 Å². The summed E-state index contributed by atoms with van der Waals surface area (Å²) in [5.41, 5.74) is 1.30. The summed E-state index contributed by atoms with van der Waals surface area (Å²) in [4.78, 5) is 30.7. The summed E-state index contributed by atoms with van der Waals surface area (Å²) in [6, 6.07) is 7.50. The average Bonchev–Trinajstić information content (AvgIpc) is 3.75. The van der Waals surface area contributed by atoms with Crippen molar-refractivity contribution in [3.05, 3.63) is 46.3 Å². The Morgan fingerprint density at radius 3 is 2.39 bits per heavy atom. The van der Waals surface area contributed by atoms with Crippen LogP contribution < -0.4 is 4.90 Å². The zero-order valence-corrected chi connectivity index (χ0v) is 30.7. The van der Waals surface area contributed by atoms with Gasteiger partial charge in [0, 0.05) is 25.2 Å². The molecular formula is C32H44Cl2N5O11P. The number of aliphatic hydroxyl groups excluding tert-OH is 1. The molecular weight excluding hydrogens is 732 g/mol. The lowest BCUT2D eigenvalue weighted by molar-refractivity contribution is -0.114. The number of nitrogens with zero attached hydrogens (tertiary/aromatic N) is 5. The van der Waals surface area contributed by atoms with Crippen LogP contribution in [-0.4, -0.2) is 132 Å². The Morgan fingerprint density at radius 1 is 1.06 bits per heavy atom. The second-order valence-electron chi connectivity index (χ2n) is 11.4. The van der Waals surface area contributed by atoms with Gasteiger partial charge in [0.1, 0.15) is 12.4 Å². The molecule has 0 aliphatic carbocycles. The van der Waals surface area contributed by atoms with Crippen molar-refractivity contribution in [3.63, 3.8) is 0 Å². The number of terminal acetylenes is 1. The molecule has 3 heterocycles. The van der Waals surface area contributed by atoms with Crippen molar-refractivity contribution in [2.24, 2.45) is 0 Å². The Bertz CT molecular complexity index is 1610. The van der Waals surface area contributed by atoms with Gasteiger partial charge in [0.25, 0.3) is 0 Å². The summed E-state index contributed by atoms with van der Waals surface area (Å²) < 4.78 is 52.4. The third-order valence-electron chi connectivity index (χ3n) is 7.88. The van der Waals surface area contributed by atoms with Gasteiger partial charge < -0.3 is 53.0 Å². The van der Waals surface area contributed by atoms with Crippen LogP contribution in [-0.2, 0) is 44.3 Å². The Labute approximate surface area is 306 Å². The first-order chi connectivity index (χ1) is 24.6. The number of methoxy groups -OCH3 is 1. The van der Waals surface area contributed by atoms with Crippen LogP contribution in [0.2, 0.25) is 10.3 Å². The monoisotopic (exact) mass is 775 g/mol. The summed E-state index contributed by atoms with van der Waals surface area (Å²) >= 11 is 13.0. The quantitative estimate of drug-likeness (QED) is 0.0521. The average molecular weight is 777 g/mol. The number of fused-ring (bicyclic) bond motifs is 1. The third-order valence-corrected chi connectivity index (χ3v) is 9.87. The van der Waals surface area contributed by atoms with E-state index in [1.807, 2.05) is 29.2 Å². The molecule has 1 fully saturated rings. The molecule has 1 aromatic carbocycles. The number of hydrogen-bond acceptors (Lipinski definition) is 13. The maximum Gasteiger partial charge on any atom is 0.361 e. The molecule has 0 bridgehead atoms. The maximum atomic E-state index is 12.1. The highest BCUT2D eigenvalue weighted by molar-refractivity contribution is 7.53. The van der Waals surface area contributed by atoms with Crippen LogP contribution in [0.25, 0.3) is 11.0 Å². The fraction of sp³-hybridized carbons (Fsp3) is 0.594. The molecule has 0 saturated carbocycles. The molecule has 0 amide bonds. The van der Waals surface area contributed by atoms with Crippen LogP contribution in [0.1, 0.15) is 24.6 Å². The normalized spacial score (nSPS) is 17.5. The molecule has 1 aliphatic heterocycles. The summed E-state index contributed by atoms with van der Waals surface area (Å²) in [5.74, 6) is 2.92. The lowest BCUT2D eigenvalue weighted by atomic mass is 10.2. The first kappa shape index (κ1) is 41.3. The van der Waals surface area contributed by atoms with Gasteiger partial charge in [-0.05, 0) is 36.1 Å². The van der Waals surface area contributed by atoms with Crippen molar-refractivity contribution in [3.8, 4) is 12.3 Å². The first-order valence-electron chi connectivity index (χ1n) is 16.2. The number of aromatic nitrogens is 4. The number of aliphatic hydroxyl groups is 1. The van der Waals surface area contributed by atoms with Crippen molar-refractivity contribution in [1.29, 1.82) is 0 Å². The Balaban J connectivity index is 1.40. The highest BCUT2D eigenvalue weighted by atomic mass is 35.5. The maximum absolute atomic E-state index is 12.1. The van der Waals surface area contributed by atoms with Gasteiger partial charge in [-0.3, -0.25) is 4.57 Å². The molecule has 0 spiro atoms. The van der Waals surface area contributed by atoms with Gasteiger partial charge in [-0.15, -0.1) is 6.42 Å². The molecule has 3 atom stereocenters. The van der Waals surface area contributed by atoms with Crippen molar-refractivity contribution < 1.29 is 52.6 Å². The van der Waals surface area contributed by atoms with Gasteiger partial charge in [-0.25, -0.2) is 4.68 Å². The van der Waals surface area contributed by atoms with Crippen LogP contribution in [0.3, 0.4) is 0 Å². The largest absolute Gasteiger partial charge is 0.393 e. The molecule has 3 aromatic rings. The Morgan fingerprint density at radius 2 is 1.75 bits per heavy atom. The number of anilines is 1. The van der Waals surface area contributed by atoms with Gasteiger partial charge in [-0.2, -0.15) is 15.1 Å². The molecule has 1 unspecified atom stereocenters. The SMILES string of the molecule is C#CCOCCOCCOCCOCCN(Cc1ccccc1Cl)c1nc(Cl)nc2c1cnn2[C@H]1CC[C@@H](COC(CO)(COC)P(=O)(O)O)O1. The highest BCUT2D eigenvalue weighted by Crippen LogP contribution is 2.51. The second kappa shape index (κ2) is 20.7. The summed E-state index contributed by atoms with van der Waals surface area (Å²) in [6.07, 6.45) is 6.62. The van der Waals surface area contributed by atoms with Gasteiger partial charge >= 0.3 is 7.60 Å². The van der Waals surface area contributed by atoms with Crippen LogP contribution in [0, 0.1) is 12.3 Å². The van der Waals surface area contributed by atoms with E-state index in [1.54, 1.807) is 10.9 Å². The number of hydrogen-bond donors (Lipinski definition) is 3. The molecule has 1 saturated heterocycles. The van der Waals surface area contributed by atoms with Crippen molar-refractivity contribution in [1.82, 2.24) is 19.7 Å². The standard InChI is InChI=1S/C32H44Cl2N5O11P/c1-3-11-45-13-15-47-17-18-48-16-14-46-12-10-38(20-24-6-4-5-7-27(24)33)29-26-19-35-39(30(26)37-31(34)36-29)28-9-8-25(50-28)21-49-32(22-40,23-44-2)51(41,42)43/h1,4-7,19,25,28,40H,8-18,20-23H2,2H3,(H2,41,42,43)/t25-,28+,32?/m0/s1. The van der Waals surface area contributed by atoms with E-state index in [0.717, 1.165) is 5.56 Å². The molecule has 2 aromatic heterocycles. The fourth-order valence-electron chi connectivity index (χ4n) is 5.25. The smallest absolute Gasteiger partial charge is 0.361 e. The molecule has 16 nitrogen and oxygen atoms in total.